The fourth-order valence-corrected chi connectivity index (χ4v) is 7.02. The van der Waals surface area contributed by atoms with Crippen LogP contribution >= 0.6 is 11.3 Å². The van der Waals surface area contributed by atoms with Gasteiger partial charge < -0.3 is 14.3 Å². The van der Waals surface area contributed by atoms with E-state index < -0.39 is 41.8 Å². The van der Waals surface area contributed by atoms with Crippen LogP contribution in [0, 0.1) is 17.7 Å². The van der Waals surface area contributed by atoms with Crippen LogP contribution < -0.4 is 0 Å². The highest BCUT2D eigenvalue weighted by Gasteiger charge is 2.57. The Bertz CT molecular complexity index is 1100. The molecule has 1 N–H and O–H groups in total. The molecular weight excluding hydrogens is 479 g/mol. The monoisotopic (exact) mass is 508 g/mol. The topological polar surface area (TPSA) is 63.6 Å². The highest BCUT2D eigenvalue weighted by atomic mass is 32.1. The summed E-state index contributed by atoms with van der Waals surface area (Å²) in [5.41, 5.74) is -1.81. The summed E-state index contributed by atoms with van der Waals surface area (Å²) in [6.45, 7) is 2.10. The summed E-state index contributed by atoms with van der Waals surface area (Å²) in [6, 6.07) is 8.89. The molecule has 2 bridgehead atoms. The second kappa shape index (κ2) is 9.01. The first kappa shape index (κ1) is 24.5. The molecular formula is C26H29F3NO4S+. The zero-order valence-corrected chi connectivity index (χ0v) is 20.1. The van der Waals surface area contributed by atoms with Crippen LogP contribution in [0.5, 0.6) is 0 Å². The van der Waals surface area contributed by atoms with E-state index in [1.54, 1.807) is 23.6 Å². The van der Waals surface area contributed by atoms with Crippen molar-refractivity contribution < 1.29 is 37.1 Å². The molecule has 1 saturated carbocycles. The molecule has 188 valence electrons. The Labute approximate surface area is 206 Å². The Morgan fingerprint density at radius 2 is 1.94 bits per heavy atom. The summed E-state index contributed by atoms with van der Waals surface area (Å²) in [4.78, 5) is 26.7. The number of nitrogens with zero attached hydrogens (tertiary/aromatic N) is 1. The molecule has 1 aliphatic carbocycles. The number of carbonyl (C=O) groups excluding carboxylic acids is 2. The molecule has 0 spiro atoms. The fourth-order valence-electron chi connectivity index (χ4n) is 6.13. The number of Topliss-reactive ketones (excluding diaryl/α,β-unsaturated/α-hetero) is 1. The van der Waals surface area contributed by atoms with Gasteiger partial charge in [0.25, 0.3) is 0 Å². The van der Waals surface area contributed by atoms with Gasteiger partial charge in [-0.3, -0.25) is 4.79 Å². The van der Waals surface area contributed by atoms with Crippen LogP contribution in [-0.4, -0.2) is 59.5 Å². The second-order valence-corrected chi connectivity index (χ2v) is 11.3. The molecule has 0 amide bonds. The molecule has 4 fully saturated rings. The Morgan fingerprint density at radius 1 is 1.17 bits per heavy atom. The molecule has 4 heterocycles. The molecule has 35 heavy (non-hydrogen) atoms. The molecule has 9 heteroatoms. The predicted molar refractivity (Wildman–Crippen MR) is 124 cm³/mol. The molecule has 5 nitrogen and oxygen atoms in total. The van der Waals surface area contributed by atoms with Gasteiger partial charge in [0.2, 0.25) is 11.7 Å². The van der Waals surface area contributed by atoms with Crippen molar-refractivity contribution in [2.75, 3.05) is 26.2 Å². The van der Waals surface area contributed by atoms with E-state index in [0.717, 1.165) is 37.3 Å². The van der Waals surface area contributed by atoms with Crippen molar-refractivity contribution in [3.8, 4) is 0 Å². The Hall–Kier alpha value is -2.23. The highest BCUT2D eigenvalue weighted by Crippen LogP contribution is 2.49. The Balaban J connectivity index is 1.34. The van der Waals surface area contributed by atoms with Crippen LogP contribution in [0.1, 0.15) is 47.3 Å². The molecule has 6 rings (SSSR count). The van der Waals surface area contributed by atoms with Gasteiger partial charge in [0.05, 0.1) is 13.1 Å². The summed E-state index contributed by atoms with van der Waals surface area (Å²) in [7, 11) is 0. The first-order valence-electron chi connectivity index (χ1n) is 12.1. The van der Waals surface area contributed by atoms with Crippen molar-refractivity contribution in [2.24, 2.45) is 11.8 Å². The Morgan fingerprint density at radius 3 is 2.57 bits per heavy atom. The minimum absolute atomic E-state index is 0.0345. The largest absolute Gasteiger partial charge is 0.454 e. The number of ketones is 1. The minimum atomic E-state index is -2.92. The first-order valence-corrected chi connectivity index (χ1v) is 13.0. The number of rotatable bonds is 7. The van der Waals surface area contributed by atoms with Crippen molar-refractivity contribution in [1.82, 2.24) is 0 Å². The van der Waals surface area contributed by atoms with E-state index in [1.807, 2.05) is 0 Å². The maximum atomic E-state index is 14.0. The lowest BCUT2D eigenvalue weighted by Crippen LogP contribution is -2.66. The van der Waals surface area contributed by atoms with Gasteiger partial charge in [-0.15, -0.1) is 11.3 Å². The first-order chi connectivity index (χ1) is 16.6. The smallest absolute Gasteiger partial charge is 0.344 e. The molecule has 3 atom stereocenters. The summed E-state index contributed by atoms with van der Waals surface area (Å²) in [5, 5.41) is 13.3. The minimum Gasteiger partial charge on any atom is -0.454 e. The number of benzene rings is 1. The molecule has 3 aliphatic heterocycles. The van der Waals surface area contributed by atoms with E-state index >= 15 is 0 Å². The van der Waals surface area contributed by atoms with Gasteiger partial charge in [-0.1, -0.05) is 18.2 Å². The average Bonchev–Trinajstić information content (AvgIpc) is 3.49. The number of hydrogen-bond acceptors (Lipinski definition) is 5. The van der Waals surface area contributed by atoms with E-state index in [2.05, 4.69) is 0 Å². The van der Waals surface area contributed by atoms with Crippen LogP contribution in [0.3, 0.4) is 0 Å². The number of thiophene rings is 1. The fraction of sp³-hybridized carbons (Fsp3) is 0.538. The normalized spacial score (nSPS) is 31.1. The van der Waals surface area contributed by atoms with E-state index in [9.17, 15) is 27.9 Å². The summed E-state index contributed by atoms with van der Waals surface area (Å²) in [6.07, 6.45) is 0.103. The van der Waals surface area contributed by atoms with Gasteiger partial charge in [-0.25, -0.2) is 18.0 Å². The number of esters is 1. The lowest BCUT2D eigenvalue weighted by molar-refractivity contribution is -0.938. The molecule has 1 aromatic heterocycles. The number of alkyl halides is 2. The molecule has 2 unspecified atom stereocenters. The van der Waals surface area contributed by atoms with Gasteiger partial charge in [0.1, 0.15) is 18.9 Å². The van der Waals surface area contributed by atoms with Crippen molar-refractivity contribution in [3.63, 3.8) is 0 Å². The zero-order valence-electron chi connectivity index (χ0n) is 19.3. The van der Waals surface area contributed by atoms with Crippen LogP contribution in [0.25, 0.3) is 0 Å². The summed E-state index contributed by atoms with van der Waals surface area (Å²) < 4.78 is 48.0. The van der Waals surface area contributed by atoms with Crippen LogP contribution in [-0.2, 0) is 15.1 Å². The van der Waals surface area contributed by atoms with Crippen LogP contribution in [0.2, 0.25) is 0 Å². The van der Waals surface area contributed by atoms with Crippen LogP contribution in [0.4, 0.5) is 13.2 Å². The van der Waals surface area contributed by atoms with Crippen molar-refractivity contribution >= 4 is 23.1 Å². The number of piperidine rings is 3. The number of quaternary nitrogens is 1. The number of aliphatic hydroxyl groups is 1. The number of carbonyl (C=O) groups is 2. The van der Waals surface area contributed by atoms with E-state index in [0.29, 0.717) is 21.5 Å². The lowest BCUT2D eigenvalue weighted by Gasteiger charge is -2.52. The van der Waals surface area contributed by atoms with Gasteiger partial charge >= 0.3 is 5.97 Å². The van der Waals surface area contributed by atoms with Crippen molar-refractivity contribution in [1.29, 1.82) is 0 Å². The third-order valence-corrected chi connectivity index (χ3v) is 9.12. The number of halogens is 3. The predicted octanol–water partition coefficient (Wildman–Crippen LogP) is 4.55. The van der Waals surface area contributed by atoms with E-state index in [4.69, 9.17) is 4.74 Å². The van der Waals surface area contributed by atoms with Crippen molar-refractivity contribution in [3.05, 3.63) is 58.0 Å². The number of hydrogen-bond donors (Lipinski definition) is 1. The summed E-state index contributed by atoms with van der Waals surface area (Å²) in [5.74, 6) is -5.26. The van der Waals surface area contributed by atoms with E-state index in [-0.39, 0.29) is 31.1 Å². The Kier molecular flexibility index (Phi) is 6.30. The van der Waals surface area contributed by atoms with E-state index in [1.165, 1.54) is 18.2 Å². The van der Waals surface area contributed by atoms with Gasteiger partial charge in [0.15, 0.2) is 11.7 Å². The number of fused-ring (bicyclic) bond motifs is 3. The van der Waals surface area contributed by atoms with Crippen LogP contribution in [0.15, 0.2) is 41.8 Å². The quantitative estimate of drug-likeness (QED) is 0.339. The molecule has 1 aromatic carbocycles. The van der Waals surface area contributed by atoms with Gasteiger partial charge in [0, 0.05) is 48.0 Å². The third-order valence-electron chi connectivity index (χ3n) is 8.13. The van der Waals surface area contributed by atoms with Gasteiger partial charge in [-0.05, 0) is 30.0 Å². The molecule has 4 aliphatic rings. The third kappa shape index (κ3) is 4.66. The maximum Gasteiger partial charge on any atom is 0.344 e. The molecule has 3 saturated heterocycles. The molecule has 0 radical (unpaired) electrons. The highest BCUT2D eigenvalue weighted by molar-refractivity contribution is 7.10. The second-order valence-electron chi connectivity index (χ2n) is 10.4. The summed E-state index contributed by atoms with van der Waals surface area (Å²) >= 11 is 1.15. The molecule has 2 aromatic rings. The standard InChI is InChI=1S/C26H29F3NO4S/c27-20-4-1-3-18(13-20)21(31)15-30-10-7-17(8-11-30)22(16-30)34-24(32)26(33,23-5-2-12-35-23)19-6-9-25(28,29)14-19/h1-5,12-13,17,19,22,33H,6-11,14-16H2/q+1/t17?,19?,22-,26?,30?/m0/s1. The average molecular weight is 509 g/mol. The van der Waals surface area contributed by atoms with Gasteiger partial charge in [-0.2, -0.15) is 0 Å². The lowest BCUT2D eigenvalue weighted by atomic mass is 9.81. The SMILES string of the molecule is O=C(C[N+]12CCC(CC1)[C@@H](OC(=O)C(O)(c1cccs1)C1CCC(F)(F)C1)C2)c1cccc(F)c1. The zero-order chi connectivity index (χ0) is 24.8. The maximum absolute atomic E-state index is 14.0. The number of ether oxygens (including phenoxy) is 1. The van der Waals surface area contributed by atoms with Crippen molar-refractivity contribution in [2.45, 2.75) is 49.7 Å².